The van der Waals surface area contributed by atoms with Gasteiger partial charge in [-0.15, -0.1) is 0 Å². The van der Waals surface area contributed by atoms with Crippen molar-refractivity contribution in [3.8, 4) is 0 Å². The average molecular weight is 224 g/mol. The van der Waals surface area contributed by atoms with Crippen LogP contribution in [0.15, 0.2) is 4.52 Å². The second-order valence-corrected chi connectivity index (χ2v) is 4.29. The fourth-order valence-corrected chi connectivity index (χ4v) is 2.11. The molecule has 2 heterocycles. The number of rotatable bonds is 2. The van der Waals surface area contributed by atoms with Gasteiger partial charge in [-0.05, 0) is 20.3 Å². The second kappa shape index (κ2) is 4.25. The van der Waals surface area contributed by atoms with Crippen molar-refractivity contribution in [2.75, 3.05) is 19.7 Å². The van der Waals surface area contributed by atoms with Crippen molar-refractivity contribution in [2.24, 2.45) is 5.92 Å². The van der Waals surface area contributed by atoms with Crippen molar-refractivity contribution in [2.45, 2.75) is 20.3 Å². The van der Waals surface area contributed by atoms with Crippen molar-refractivity contribution >= 4 is 5.91 Å². The molecular formula is C11H16N2O3. The van der Waals surface area contributed by atoms with Crippen LogP contribution in [0.25, 0.3) is 0 Å². The number of aliphatic hydroxyl groups is 1. The topological polar surface area (TPSA) is 66.6 Å². The number of aromatic nitrogens is 1. The number of carbonyl (C=O) groups is 1. The van der Waals surface area contributed by atoms with Gasteiger partial charge in [0.2, 0.25) is 0 Å². The highest BCUT2D eigenvalue weighted by molar-refractivity contribution is 5.96. The normalized spacial score (nSPS) is 20.4. The summed E-state index contributed by atoms with van der Waals surface area (Å²) in [5.41, 5.74) is 1.20. The van der Waals surface area contributed by atoms with E-state index in [0.29, 0.717) is 30.1 Å². The maximum Gasteiger partial charge on any atom is 0.259 e. The minimum Gasteiger partial charge on any atom is -0.396 e. The third-order valence-corrected chi connectivity index (χ3v) is 3.08. The maximum absolute atomic E-state index is 12.2. The van der Waals surface area contributed by atoms with Crippen molar-refractivity contribution in [1.82, 2.24) is 10.1 Å². The van der Waals surface area contributed by atoms with E-state index < -0.39 is 0 Å². The minimum absolute atomic E-state index is 0.0350. The number of aliphatic hydroxyl groups excluding tert-OH is 1. The quantitative estimate of drug-likeness (QED) is 0.804. The first kappa shape index (κ1) is 11.1. The summed E-state index contributed by atoms with van der Waals surface area (Å²) in [5.74, 6) is 0.742. The lowest BCUT2D eigenvalue weighted by atomic mass is 10.1. The van der Waals surface area contributed by atoms with Gasteiger partial charge in [0.15, 0.2) is 0 Å². The van der Waals surface area contributed by atoms with Crippen molar-refractivity contribution < 1.29 is 14.4 Å². The van der Waals surface area contributed by atoms with E-state index in [-0.39, 0.29) is 18.4 Å². The van der Waals surface area contributed by atoms with Crippen LogP contribution in [0.2, 0.25) is 0 Å². The van der Waals surface area contributed by atoms with E-state index in [1.165, 1.54) is 0 Å². The highest BCUT2D eigenvalue weighted by Gasteiger charge is 2.29. The molecule has 16 heavy (non-hydrogen) atoms. The van der Waals surface area contributed by atoms with E-state index in [1.807, 2.05) is 0 Å². The van der Waals surface area contributed by atoms with Gasteiger partial charge in [0.25, 0.3) is 5.91 Å². The van der Waals surface area contributed by atoms with Gasteiger partial charge < -0.3 is 14.5 Å². The standard InChI is InChI=1S/C11H16N2O3/c1-7-10(8(2)16-12-7)11(15)13-4-3-9(5-13)6-14/h9,14H,3-6H2,1-2H3/t9-/m0/s1. The van der Waals surface area contributed by atoms with Crippen LogP contribution in [0.1, 0.15) is 28.2 Å². The monoisotopic (exact) mass is 224 g/mol. The van der Waals surface area contributed by atoms with E-state index >= 15 is 0 Å². The average Bonchev–Trinajstić information content (AvgIpc) is 2.85. The fraction of sp³-hybridized carbons (Fsp3) is 0.636. The lowest BCUT2D eigenvalue weighted by Crippen LogP contribution is -2.29. The Kier molecular flexibility index (Phi) is 2.96. The van der Waals surface area contributed by atoms with Crippen LogP contribution in [0.4, 0.5) is 0 Å². The van der Waals surface area contributed by atoms with Gasteiger partial charge in [-0.3, -0.25) is 4.79 Å². The van der Waals surface area contributed by atoms with Crippen LogP contribution < -0.4 is 0 Å². The summed E-state index contributed by atoms with van der Waals surface area (Å²) >= 11 is 0. The molecule has 2 rings (SSSR count). The van der Waals surface area contributed by atoms with Crippen LogP contribution in [0.5, 0.6) is 0 Å². The van der Waals surface area contributed by atoms with Gasteiger partial charge in [0.1, 0.15) is 11.3 Å². The molecule has 0 aromatic carbocycles. The summed E-state index contributed by atoms with van der Waals surface area (Å²) in [4.78, 5) is 13.9. The van der Waals surface area contributed by atoms with E-state index in [9.17, 15) is 4.79 Å². The third kappa shape index (κ3) is 1.82. The van der Waals surface area contributed by atoms with E-state index in [2.05, 4.69) is 5.16 Å². The molecule has 88 valence electrons. The molecule has 1 aliphatic heterocycles. The number of amides is 1. The molecule has 0 unspecified atom stereocenters. The Hall–Kier alpha value is -1.36. The Bertz CT molecular complexity index is 380. The molecule has 1 fully saturated rings. The number of nitrogens with zero attached hydrogens (tertiary/aromatic N) is 2. The van der Waals surface area contributed by atoms with Gasteiger partial charge in [0.05, 0.1) is 5.69 Å². The summed E-state index contributed by atoms with van der Waals surface area (Å²) in [7, 11) is 0. The first-order valence-corrected chi connectivity index (χ1v) is 5.46. The second-order valence-electron chi connectivity index (χ2n) is 4.29. The number of hydrogen-bond acceptors (Lipinski definition) is 4. The Morgan fingerprint density at radius 3 is 2.88 bits per heavy atom. The van der Waals surface area contributed by atoms with Gasteiger partial charge >= 0.3 is 0 Å². The lowest BCUT2D eigenvalue weighted by Gasteiger charge is -2.15. The van der Waals surface area contributed by atoms with Gasteiger partial charge in [0, 0.05) is 25.6 Å². The van der Waals surface area contributed by atoms with E-state index in [1.54, 1.807) is 18.7 Å². The van der Waals surface area contributed by atoms with Gasteiger partial charge in [-0.2, -0.15) is 0 Å². The molecule has 1 aliphatic rings. The SMILES string of the molecule is Cc1noc(C)c1C(=O)N1CC[C@H](CO)C1. The zero-order valence-electron chi connectivity index (χ0n) is 9.56. The van der Waals surface area contributed by atoms with Crippen LogP contribution in [0, 0.1) is 19.8 Å². The van der Waals surface area contributed by atoms with Crippen LogP contribution in [-0.4, -0.2) is 40.8 Å². The Labute approximate surface area is 94.0 Å². The summed E-state index contributed by atoms with van der Waals surface area (Å²) in [6, 6.07) is 0. The molecule has 1 N–H and O–H groups in total. The third-order valence-electron chi connectivity index (χ3n) is 3.08. The molecular weight excluding hydrogens is 208 g/mol. The molecule has 0 bridgehead atoms. The van der Waals surface area contributed by atoms with E-state index in [0.717, 1.165) is 6.42 Å². The molecule has 0 aliphatic carbocycles. The molecule has 1 aromatic heterocycles. The van der Waals surface area contributed by atoms with Gasteiger partial charge in [-0.25, -0.2) is 0 Å². The van der Waals surface area contributed by atoms with Crippen LogP contribution >= 0.6 is 0 Å². The van der Waals surface area contributed by atoms with Crippen molar-refractivity contribution in [3.05, 3.63) is 17.0 Å². The summed E-state index contributed by atoms with van der Waals surface area (Å²) in [6.07, 6.45) is 0.867. The lowest BCUT2D eigenvalue weighted by molar-refractivity contribution is 0.0779. The van der Waals surface area contributed by atoms with Crippen LogP contribution in [-0.2, 0) is 0 Å². The number of likely N-dealkylation sites (tertiary alicyclic amines) is 1. The maximum atomic E-state index is 12.2. The smallest absolute Gasteiger partial charge is 0.259 e. The predicted octanol–water partition coefficient (Wildman–Crippen LogP) is 0.746. The molecule has 5 nitrogen and oxygen atoms in total. The zero-order valence-corrected chi connectivity index (χ0v) is 9.56. The first-order valence-electron chi connectivity index (χ1n) is 5.46. The predicted molar refractivity (Wildman–Crippen MR) is 57.1 cm³/mol. The number of carbonyl (C=O) groups excluding carboxylic acids is 1. The molecule has 0 spiro atoms. The first-order chi connectivity index (χ1) is 7.63. The van der Waals surface area contributed by atoms with E-state index in [4.69, 9.17) is 9.63 Å². The van der Waals surface area contributed by atoms with Crippen molar-refractivity contribution in [1.29, 1.82) is 0 Å². The number of hydrogen-bond donors (Lipinski definition) is 1. The van der Waals surface area contributed by atoms with Crippen LogP contribution in [0.3, 0.4) is 0 Å². The highest BCUT2D eigenvalue weighted by Crippen LogP contribution is 2.21. The Morgan fingerprint density at radius 2 is 2.38 bits per heavy atom. The molecule has 0 saturated carbocycles. The molecule has 1 atom stereocenters. The zero-order chi connectivity index (χ0) is 11.7. The van der Waals surface area contributed by atoms with Gasteiger partial charge in [-0.1, -0.05) is 5.16 Å². The molecule has 1 saturated heterocycles. The number of aryl methyl sites for hydroxylation is 2. The Balaban J connectivity index is 2.15. The fourth-order valence-electron chi connectivity index (χ4n) is 2.11. The summed E-state index contributed by atoms with van der Waals surface area (Å²) in [6.45, 7) is 4.98. The highest BCUT2D eigenvalue weighted by atomic mass is 16.5. The Morgan fingerprint density at radius 1 is 1.62 bits per heavy atom. The molecule has 1 aromatic rings. The molecule has 1 amide bonds. The van der Waals surface area contributed by atoms with Crippen molar-refractivity contribution in [3.63, 3.8) is 0 Å². The molecule has 0 radical (unpaired) electrons. The molecule has 5 heteroatoms. The summed E-state index contributed by atoms with van der Waals surface area (Å²) in [5, 5.41) is 12.8. The largest absolute Gasteiger partial charge is 0.396 e. The summed E-state index contributed by atoms with van der Waals surface area (Å²) < 4.78 is 4.98. The minimum atomic E-state index is -0.0350.